The first-order valence-electron chi connectivity index (χ1n) is 7.00. The Kier molecular flexibility index (Phi) is 3.14. The molecule has 1 N–H and O–H groups in total. The molecule has 0 spiro atoms. The van der Waals surface area contributed by atoms with Crippen molar-refractivity contribution < 1.29 is 0 Å². The van der Waals surface area contributed by atoms with Gasteiger partial charge in [0.2, 0.25) is 0 Å². The molecule has 5 nitrogen and oxygen atoms in total. The Morgan fingerprint density at radius 3 is 2.84 bits per heavy atom. The Hall–Kier alpha value is -1.62. The molecular weight excluding hydrogens is 238 g/mol. The minimum absolute atomic E-state index is 0.652. The molecule has 0 saturated carbocycles. The molecule has 0 aromatic carbocycles. The highest BCUT2D eigenvalue weighted by Crippen LogP contribution is 2.30. The number of hydrogen-bond donors (Lipinski definition) is 1. The molecular formula is C14H21N5. The summed E-state index contributed by atoms with van der Waals surface area (Å²) in [4.78, 5) is 16.8. The van der Waals surface area contributed by atoms with Gasteiger partial charge in [0.15, 0.2) is 0 Å². The molecule has 2 aromatic heterocycles. The van der Waals surface area contributed by atoms with Gasteiger partial charge < -0.3 is 14.8 Å². The molecule has 3 heterocycles. The van der Waals surface area contributed by atoms with Crippen molar-refractivity contribution in [3.05, 3.63) is 18.1 Å². The summed E-state index contributed by atoms with van der Waals surface area (Å²) in [5.41, 5.74) is 2.26. The number of aromatic amines is 1. The zero-order chi connectivity index (χ0) is 13.4. The van der Waals surface area contributed by atoms with E-state index in [4.69, 9.17) is 0 Å². The lowest BCUT2D eigenvalue weighted by atomic mass is 10.1. The van der Waals surface area contributed by atoms with Gasteiger partial charge >= 0.3 is 0 Å². The molecule has 1 aliphatic heterocycles. The monoisotopic (exact) mass is 259 g/mol. The van der Waals surface area contributed by atoms with Crippen LogP contribution in [0.15, 0.2) is 12.5 Å². The molecule has 1 fully saturated rings. The number of nitrogens with zero attached hydrogens (tertiary/aromatic N) is 4. The largest absolute Gasteiger partial charge is 0.353 e. The van der Waals surface area contributed by atoms with Gasteiger partial charge in [-0.1, -0.05) is 13.8 Å². The number of rotatable bonds is 4. The van der Waals surface area contributed by atoms with Crippen LogP contribution >= 0.6 is 0 Å². The summed E-state index contributed by atoms with van der Waals surface area (Å²) >= 11 is 0. The van der Waals surface area contributed by atoms with Crippen LogP contribution in [0.4, 0.5) is 5.82 Å². The van der Waals surface area contributed by atoms with E-state index in [2.05, 4.69) is 51.8 Å². The third kappa shape index (κ3) is 1.98. The maximum Gasteiger partial charge on any atom is 0.143 e. The van der Waals surface area contributed by atoms with Crippen molar-refractivity contribution in [1.29, 1.82) is 0 Å². The summed E-state index contributed by atoms with van der Waals surface area (Å²) < 4.78 is 0. The molecule has 0 atom stereocenters. The van der Waals surface area contributed by atoms with Crippen LogP contribution in [-0.2, 0) is 6.42 Å². The lowest BCUT2D eigenvalue weighted by Gasteiger charge is -2.44. The number of nitrogens with one attached hydrogen (secondary N) is 1. The Balaban J connectivity index is 1.88. The van der Waals surface area contributed by atoms with Crippen molar-refractivity contribution >= 4 is 16.9 Å². The van der Waals surface area contributed by atoms with Gasteiger partial charge in [-0.05, 0) is 25.6 Å². The Labute approximate surface area is 113 Å². The van der Waals surface area contributed by atoms with E-state index in [0.717, 1.165) is 37.5 Å². The summed E-state index contributed by atoms with van der Waals surface area (Å²) in [5.74, 6) is 1.09. The van der Waals surface area contributed by atoms with E-state index < -0.39 is 0 Å². The molecule has 1 saturated heterocycles. The van der Waals surface area contributed by atoms with E-state index in [1.54, 1.807) is 6.33 Å². The van der Waals surface area contributed by atoms with Gasteiger partial charge in [-0.25, -0.2) is 9.97 Å². The fourth-order valence-corrected chi connectivity index (χ4v) is 2.69. The summed E-state index contributed by atoms with van der Waals surface area (Å²) in [7, 11) is 2.19. The maximum atomic E-state index is 4.51. The third-order valence-electron chi connectivity index (χ3n) is 4.20. The van der Waals surface area contributed by atoms with Crippen molar-refractivity contribution in [2.45, 2.75) is 26.3 Å². The predicted octanol–water partition coefficient (Wildman–Crippen LogP) is 1.66. The highest BCUT2D eigenvalue weighted by atomic mass is 15.3. The second kappa shape index (κ2) is 4.81. The first-order valence-corrected chi connectivity index (χ1v) is 7.00. The zero-order valence-electron chi connectivity index (χ0n) is 11.8. The van der Waals surface area contributed by atoms with Gasteiger partial charge in [0.1, 0.15) is 17.8 Å². The van der Waals surface area contributed by atoms with Gasteiger partial charge in [-0.2, -0.15) is 0 Å². The average Bonchev–Trinajstić information content (AvgIpc) is 2.80. The standard InChI is InChI=1S/C14H21N5/c1-4-10-6-15-13-12(10)14(17-9-16-13)19-7-11(8-19)18(3)5-2/h6,9,11H,4-5,7-8H2,1-3H3,(H,15,16,17). The Bertz CT molecular complexity index is 570. The lowest BCUT2D eigenvalue weighted by Crippen LogP contribution is -2.58. The number of fused-ring (bicyclic) bond motifs is 1. The Morgan fingerprint density at radius 2 is 2.16 bits per heavy atom. The van der Waals surface area contributed by atoms with Crippen molar-refractivity contribution in [1.82, 2.24) is 19.9 Å². The molecule has 3 rings (SSSR count). The Morgan fingerprint density at radius 1 is 1.37 bits per heavy atom. The smallest absolute Gasteiger partial charge is 0.143 e. The highest BCUT2D eigenvalue weighted by molar-refractivity contribution is 5.91. The number of aromatic nitrogens is 3. The summed E-state index contributed by atoms with van der Waals surface area (Å²) in [6.45, 7) is 7.59. The van der Waals surface area contributed by atoms with Gasteiger partial charge in [0.25, 0.3) is 0 Å². The summed E-state index contributed by atoms with van der Waals surface area (Å²) in [6, 6.07) is 0.652. The first-order chi connectivity index (χ1) is 9.24. The second-order valence-electron chi connectivity index (χ2n) is 5.22. The topological polar surface area (TPSA) is 48.1 Å². The molecule has 2 aromatic rings. The predicted molar refractivity (Wildman–Crippen MR) is 77.6 cm³/mol. The van der Waals surface area contributed by atoms with Gasteiger partial charge in [0, 0.05) is 25.3 Å². The van der Waals surface area contributed by atoms with Crippen LogP contribution in [0.25, 0.3) is 11.0 Å². The molecule has 0 aliphatic carbocycles. The van der Waals surface area contributed by atoms with Crippen LogP contribution in [0, 0.1) is 0 Å². The van der Waals surface area contributed by atoms with Crippen molar-refractivity contribution in [2.24, 2.45) is 0 Å². The number of aryl methyl sites for hydroxylation is 1. The SMILES string of the molecule is CCc1c[nH]c2ncnc(N3CC(N(C)CC)C3)c12. The van der Waals surface area contributed by atoms with E-state index in [-0.39, 0.29) is 0 Å². The molecule has 0 bridgehead atoms. The third-order valence-corrected chi connectivity index (χ3v) is 4.20. The van der Waals surface area contributed by atoms with Gasteiger partial charge in [-0.15, -0.1) is 0 Å². The quantitative estimate of drug-likeness (QED) is 0.907. The van der Waals surface area contributed by atoms with Crippen molar-refractivity contribution in [3.8, 4) is 0 Å². The highest BCUT2D eigenvalue weighted by Gasteiger charge is 2.31. The number of anilines is 1. The van der Waals surface area contributed by atoms with E-state index in [1.165, 1.54) is 10.9 Å². The second-order valence-corrected chi connectivity index (χ2v) is 5.22. The number of H-pyrrole nitrogens is 1. The molecule has 102 valence electrons. The normalized spacial score (nSPS) is 16.3. The van der Waals surface area contributed by atoms with Gasteiger partial charge in [0.05, 0.1) is 5.39 Å². The van der Waals surface area contributed by atoms with Crippen LogP contribution in [0.2, 0.25) is 0 Å². The van der Waals surface area contributed by atoms with Gasteiger partial charge in [-0.3, -0.25) is 0 Å². The van der Waals surface area contributed by atoms with E-state index >= 15 is 0 Å². The minimum atomic E-state index is 0.652. The first kappa shape index (κ1) is 12.4. The average molecular weight is 259 g/mol. The zero-order valence-corrected chi connectivity index (χ0v) is 11.8. The number of likely N-dealkylation sites (N-methyl/N-ethyl adjacent to an activating group) is 1. The van der Waals surface area contributed by atoms with Crippen LogP contribution in [0.3, 0.4) is 0 Å². The summed E-state index contributed by atoms with van der Waals surface area (Å²) in [5, 5.41) is 1.20. The number of hydrogen-bond acceptors (Lipinski definition) is 4. The van der Waals surface area contributed by atoms with Crippen LogP contribution in [0.5, 0.6) is 0 Å². The molecule has 0 unspecified atom stereocenters. The minimum Gasteiger partial charge on any atom is -0.353 e. The fourth-order valence-electron chi connectivity index (χ4n) is 2.69. The van der Waals surface area contributed by atoms with Crippen LogP contribution in [-0.4, -0.2) is 52.6 Å². The molecule has 1 aliphatic rings. The van der Waals surface area contributed by atoms with Crippen LogP contribution in [0.1, 0.15) is 19.4 Å². The van der Waals surface area contributed by atoms with Crippen LogP contribution < -0.4 is 4.90 Å². The molecule has 0 radical (unpaired) electrons. The van der Waals surface area contributed by atoms with Crippen molar-refractivity contribution in [3.63, 3.8) is 0 Å². The van der Waals surface area contributed by atoms with E-state index in [0.29, 0.717) is 6.04 Å². The maximum absolute atomic E-state index is 4.51. The molecule has 5 heteroatoms. The molecule has 0 amide bonds. The summed E-state index contributed by atoms with van der Waals surface area (Å²) in [6.07, 6.45) is 4.72. The molecule has 19 heavy (non-hydrogen) atoms. The van der Waals surface area contributed by atoms with Crippen molar-refractivity contribution in [2.75, 3.05) is 31.6 Å². The fraction of sp³-hybridized carbons (Fsp3) is 0.571. The van der Waals surface area contributed by atoms with E-state index in [1.807, 2.05) is 0 Å². The van der Waals surface area contributed by atoms with E-state index in [9.17, 15) is 0 Å². The lowest BCUT2D eigenvalue weighted by molar-refractivity contribution is 0.214.